The maximum atomic E-state index is 11.8. The summed E-state index contributed by atoms with van der Waals surface area (Å²) in [5, 5.41) is 1.20. The minimum atomic E-state index is -0.156. The third-order valence-electron chi connectivity index (χ3n) is 5.99. The standard InChI is InChI=1S/C21H28N2O3/c1-2-25-21(24)23-13-8-18(9-14-23)22-11-6-16(7-12-22)19-5-3-4-17-10-15-26-20(17)19/h3-5,10,15-16,18H,2,6-9,11-14H2,1H3. The van der Waals surface area contributed by atoms with Crippen LogP contribution in [0.5, 0.6) is 0 Å². The van der Waals surface area contributed by atoms with E-state index in [2.05, 4.69) is 23.1 Å². The Morgan fingerprint density at radius 2 is 1.88 bits per heavy atom. The maximum absolute atomic E-state index is 11.8. The van der Waals surface area contributed by atoms with Gasteiger partial charge in [0, 0.05) is 24.5 Å². The highest BCUT2D eigenvalue weighted by molar-refractivity contribution is 5.80. The molecule has 4 rings (SSSR count). The van der Waals surface area contributed by atoms with Crippen LogP contribution in [0.1, 0.15) is 44.1 Å². The summed E-state index contributed by atoms with van der Waals surface area (Å²) in [6.07, 6.45) is 6.10. The fourth-order valence-corrected chi connectivity index (χ4v) is 4.54. The molecule has 5 heteroatoms. The summed E-state index contributed by atoms with van der Waals surface area (Å²) < 4.78 is 10.9. The number of ether oxygens (including phenoxy) is 1. The molecule has 1 aromatic carbocycles. The van der Waals surface area contributed by atoms with Crippen LogP contribution in [0.3, 0.4) is 0 Å². The number of piperidine rings is 2. The molecule has 0 bridgehead atoms. The number of furan rings is 1. The molecule has 5 nitrogen and oxygen atoms in total. The number of para-hydroxylation sites is 1. The first-order valence-electron chi connectivity index (χ1n) is 9.88. The Hall–Kier alpha value is -2.01. The van der Waals surface area contributed by atoms with E-state index in [4.69, 9.17) is 9.15 Å². The third kappa shape index (κ3) is 3.45. The summed E-state index contributed by atoms with van der Waals surface area (Å²) in [5.41, 5.74) is 2.43. The normalized spacial score (nSPS) is 20.6. The van der Waals surface area contributed by atoms with Gasteiger partial charge >= 0.3 is 6.09 Å². The quantitative estimate of drug-likeness (QED) is 0.825. The molecular formula is C21H28N2O3. The van der Waals surface area contributed by atoms with Crippen LogP contribution in [0.15, 0.2) is 34.9 Å². The first kappa shape index (κ1) is 17.4. The van der Waals surface area contributed by atoms with Crippen LogP contribution in [-0.4, -0.2) is 54.7 Å². The van der Waals surface area contributed by atoms with E-state index in [1.807, 2.05) is 17.9 Å². The number of hydrogen-bond donors (Lipinski definition) is 0. The summed E-state index contributed by atoms with van der Waals surface area (Å²) >= 11 is 0. The molecule has 3 heterocycles. The van der Waals surface area contributed by atoms with E-state index in [-0.39, 0.29) is 6.09 Å². The number of likely N-dealkylation sites (tertiary alicyclic amines) is 2. The van der Waals surface area contributed by atoms with Gasteiger partial charge in [0.15, 0.2) is 0 Å². The maximum Gasteiger partial charge on any atom is 0.409 e. The zero-order valence-corrected chi connectivity index (χ0v) is 15.5. The number of rotatable bonds is 3. The number of benzene rings is 1. The molecule has 0 aliphatic carbocycles. The molecule has 26 heavy (non-hydrogen) atoms. The minimum Gasteiger partial charge on any atom is -0.464 e. The smallest absolute Gasteiger partial charge is 0.409 e. The second-order valence-electron chi connectivity index (χ2n) is 7.41. The van der Waals surface area contributed by atoms with Crippen molar-refractivity contribution in [2.24, 2.45) is 0 Å². The van der Waals surface area contributed by atoms with Crippen LogP contribution in [0, 0.1) is 0 Å². The van der Waals surface area contributed by atoms with Crippen LogP contribution in [0.2, 0.25) is 0 Å². The van der Waals surface area contributed by atoms with Gasteiger partial charge in [-0.25, -0.2) is 4.79 Å². The Morgan fingerprint density at radius 3 is 2.62 bits per heavy atom. The highest BCUT2D eigenvalue weighted by Gasteiger charge is 2.31. The van der Waals surface area contributed by atoms with E-state index >= 15 is 0 Å². The van der Waals surface area contributed by atoms with E-state index in [1.54, 1.807) is 6.26 Å². The van der Waals surface area contributed by atoms with E-state index in [0.717, 1.165) is 44.6 Å². The lowest BCUT2D eigenvalue weighted by molar-refractivity contribution is 0.0663. The monoisotopic (exact) mass is 356 g/mol. The zero-order chi connectivity index (χ0) is 17.9. The van der Waals surface area contributed by atoms with Gasteiger partial charge < -0.3 is 19.0 Å². The Bertz CT molecular complexity index is 741. The van der Waals surface area contributed by atoms with Gasteiger partial charge in [0.25, 0.3) is 0 Å². The van der Waals surface area contributed by atoms with Crippen molar-refractivity contribution in [1.29, 1.82) is 0 Å². The zero-order valence-electron chi connectivity index (χ0n) is 15.5. The van der Waals surface area contributed by atoms with Gasteiger partial charge in [-0.1, -0.05) is 18.2 Å². The Morgan fingerprint density at radius 1 is 1.12 bits per heavy atom. The molecule has 2 saturated heterocycles. The second-order valence-corrected chi connectivity index (χ2v) is 7.41. The number of amides is 1. The molecule has 1 aromatic heterocycles. The Balaban J connectivity index is 1.32. The van der Waals surface area contributed by atoms with Crippen LogP contribution >= 0.6 is 0 Å². The fourth-order valence-electron chi connectivity index (χ4n) is 4.54. The highest BCUT2D eigenvalue weighted by Crippen LogP contribution is 2.34. The predicted octanol–water partition coefficient (Wildman–Crippen LogP) is 4.23. The topological polar surface area (TPSA) is 45.9 Å². The lowest BCUT2D eigenvalue weighted by Crippen LogP contribution is -2.48. The number of nitrogens with zero attached hydrogens (tertiary/aromatic N) is 2. The molecule has 2 aliphatic heterocycles. The molecule has 2 aliphatic rings. The summed E-state index contributed by atoms with van der Waals surface area (Å²) in [6, 6.07) is 9.13. The summed E-state index contributed by atoms with van der Waals surface area (Å²) in [4.78, 5) is 16.3. The van der Waals surface area contributed by atoms with Gasteiger partial charge in [-0.15, -0.1) is 0 Å². The lowest BCUT2D eigenvalue weighted by atomic mass is 9.87. The van der Waals surface area contributed by atoms with E-state index in [1.165, 1.54) is 23.8 Å². The van der Waals surface area contributed by atoms with Crippen molar-refractivity contribution in [3.05, 3.63) is 36.1 Å². The van der Waals surface area contributed by atoms with Crippen molar-refractivity contribution < 1.29 is 13.9 Å². The number of carbonyl (C=O) groups is 1. The molecule has 0 spiro atoms. The molecule has 0 unspecified atom stereocenters. The van der Waals surface area contributed by atoms with Crippen LogP contribution in [0.4, 0.5) is 4.79 Å². The van der Waals surface area contributed by atoms with Crippen molar-refractivity contribution in [1.82, 2.24) is 9.80 Å². The van der Waals surface area contributed by atoms with Gasteiger partial charge in [-0.2, -0.15) is 0 Å². The average molecular weight is 356 g/mol. The first-order valence-corrected chi connectivity index (χ1v) is 9.88. The predicted molar refractivity (Wildman–Crippen MR) is 101 cm³/mol. The van der Waals surface area contributed by atoms with E-state index < -0.39 is 0 Å². The molecule has 0 N–H and O–H groups in total. The highest BCUT2D eigenvalue weighted by atomic mass is 16.6. The molecule has 1 amide bonds. The summed E-state index contributed by atoms with van der Waals surface area (Å²) in [7, 11) is 0. The molecule has 2 fully saturated rings. The molecule has 0 atom stereocenters. The molecule has 140 valence electrons. The van der Waals surface area contributed by atoms with Crippen molar-refractivity contribution in [3.63, 3.8) is 0 Å². The van der Waals surface area contributed by atoms with Crippen LogP contribution < -0.4 is 0 Å². The largest absolute Gasteiger partial charge is 0.464 e. The number of carbonyl (C=O) groups excluding carboxylic acids is 1. The lowest BCUT2D eigenvalue weighted by Gasteiger charge is -2.41. The van der Waals surface area contributed by atoms with Crippen molar-refractivity contribution in [3.8, 4) is 0 Å². The van der Waals surface area contributed by atoms with Gasteiger partial charge in [0.05, 0.1) is 12.9 Å². The Kier molecular flexibility index (Phi) is 5.16. The number of hydrogen-bond acceptors (Lipinski definition) is 4. The van der Waals surface area contributed by atoms with Crippen molar-refractivity contribution in [2.45, 2.75) is 44.6 Å². The molecule has 2 aromatic rings. The fraction of sp³-hybridized carbons (Fsp3) is 0.571. The van der Waals surface area contributed by atoms with E-state index in [9.17, 15) is 4.79 Å². The summed E-state index contributed by atoms with van der Waals surface area (Å²) in [6.45, 7) is 6.20. The van der Waals surface area contributed by atoms with Crippen LogP contribution in [-0.2, 0) is 4.74 Å². The van der Waals surface area contributed by atoms with Crippen molar-refractivity contribution in [2.75, 3.05) is 32.8 Å². The number of fused-ring (bicyclic) bond motifs is 1. The van der Waals surface area contributed by atoms with Gasteiger partial charge in [0.2, 0.25) is 0 Å². The minimum absolute atomic E-state index is 0.156. The van der Waals surface area contributed by atoms with Crippen molar-refractivity contribution >= 4 is 17.1 Å². The first-order chi connectivity index (χ1) is 12.8. The second kappa shape index (κ2) is 7.70. The van der Waals surface area contributed by atoms with Gasteiger partial charge in [-0.3, -0.25) is 0 Å². The Labute approximate surface area is 154 Å². The van der Waals surface area contributed by atoms with Gasteiger partial charge in [-0.05, 0) is 63.2 Å². The molecule has 0 saturated carbocycles. The van der Waals surface area contributed by atoms with Crippen LogP contribution in [0.25, 0.3) is 11.0 Å². The summed E-state index contributed by atoms with van der Waals surface area (Å²) in [5.74, 6) is 0.584. The van der Waals surface area contributed by atoms with E-state index in [0.29, 0.717) is 18.6 Å². The van der Waals surface area contributed by atoms with Gasteiger partial charge in [0.1, 0.15) is 5.58 Å². The molecular weight excluding hydrogens is 328 g/mol. The average Bonchev–Trinajstić information content (AvgIpc) is 3.17. The third-order valence-corrected chi connectivity index (χ3v) is 5.99. The SMILES string of the molecule is CCOC(=O)N1CCC(N2CCC(c3cccc4ccoc34)CC2)CC1. The molecule has 0 radical (unpaired) electrons.